The molecule has 0 radical (unpaired) electrons. The van der Waals surface area contributed by atoms with E-state index in [1.807, 2.05) is 0 Å². The van der Waals surface area contributed by atoms with E-state index in [4.69, 9.17) is 24.8 Å². The number of hydrogen-bond donors (Lipinski definition) is 4. The van der Waals surface area contributed by atoms with Crippen molar-refractivity contribution in [2.24, 2.45) is 0 Å². The molecule has 5 N–H and O–H groups in total. The second kappa shape index (κ2) is 6.38. The summed E-state index contributed by atoms with van der Waals surface area (Å²) in [6, 6.07) is 0. The number of aromatic nitrogens is 4. The molecule has 3 rings (SSSR count). The predicted octanol–water partition coefficient (Wildman–Crippen LogP) is 0.311. The molecule has 1 aliphatic rings. The Hall–Kier alpha value is -1.43. The normalized spacial score (nSPS) is 26.8. The highest BCUT2D eigenvalue weighted by molar-refractivity contribution is 7.60. The molecule has 0 aromatic carbocycles. The fourth-order valence-electron chi connectivity index (χ4n) is 2.49. The number of imidazole rings is 1. The first kappa shape index (κ1) is 18.4. The van der Waals surface area contributed by atoms with E-state index in [1.165, 1.54) is 12.7 Å². The molecule has 0 spiro atoms. The van der Waals surface area contributed by atoms with Crippen LogP contribution in [0.4, 0.5) is 5.82 Å². The molecule has 4 unspecified atom stereocenters. The van der Waals surface area contributed by atoms with Gasteiger partial charge >= 0.3 is 15.6 Å². The van der Waals surface area contributed by atoms with Gasteiger partial charge in [0.05, 0.1) is 18.5 Å². The van der Waals surface area contributed by atoms with Crippen LogP contribution in [0, 0.1) is 0 Å². The van der Waals surface area contributed by atoms with Gasteiger partial charge in [-0.05, 0) is 6.92 Å². The van der Waals surface area contributed by atoms with Crippen molar-refractivity contribution in [3.8, 4) is 0 Å². The second-order valence-electron chi connectivity index (χ2n) is 5.30. The van der Waals surface area contributed by atoms with Crippen LogP contribution in [-0.4, -0.2) is 46.4 Å². The standard InChI is InChI=1S/C10H15N5O8P2/c1-5-6(22-25(19,20)23-24(16,17)18)2-7(21-5)15-4-14-8-9(11)12-3-13-10(8)15/h3-7H,2H2,1H3,(H,19,20)(H2,11,12,13)(H2,16,17,18). The third-order valence-electron chi connectivity index (χ3n) is 3.50. The van der Waals surface area contributed by atoms with E-state index < -0.39 is 34.1 Å². The van der Waals surface area contributed by atoms with Crippen molar-refractivity contribution in [2.75, 3.05) is 5.73 Å². The molecule has 2 aromatic rings. The van der Waals surface area contributed by atoms with E-state index in [-0.39, 0.29) is 12.2 Å². The summed E-state index contributed by atoms with van der Waals surface area (Å²) in [6.07, 6.45) is 0.518. The molecule has 4 atom stereocenters. The van der Waals surface area contributed by atoms with Crippen molar-refractivity contribution in [1.82, 2.24) is 19.5 Å². The summed E-state index contributed by atoms with van der Waals surface area (Å²) in [5, 5.41) is 0. The van der Waals surface area contributed by atoms with Crippen molar-refractivity contribution < 1.29 is 37.4 Å². The number of hydrogen-bond acceptors (Lipinski definition) is 9. The quantitative estimate of drug-likeness (QED) is 0.507. The zero-order valence-corrected chi connectivity index (χ0v) is 14.5. The van der Waals surface area contributed by atoms with Crippen molar-refractivity contribution in [3.05, 3.63) is 12.7 Å². The highest BCUT2D eigenvalue weighted by Crippen LogP contribution is 2.59. The number of rotatable bonds is 5. The predicted molar refractivity (Wildman–Crippen MR) is 81.8 cm³/mol. The van der Waals surface area contributed by atoms with E-state index in [0.717, 1.165) is 0 Å². The summed E-state index contributed by atoms with van der Waals surface area (Å²) in [7, 11) is -10.2. The average Bonchev–Trinajstić information content (AvgIpc) is 3.01. The van der Waals surface area contributed by atoms with Crippen LogP contribution in [-0.2, 0) is 22.7 Å². The molecular formula is C10H15N5O8P2. The highest BCUT2D eigenvalue weighted by Gasteiger charge is 2.42. The molecule has 15 heteroatoms. The summed E-state index contributed by atoms with van der Waals surface area (Å²) in [6.45, 7) is 1.57. The Bertz CT molecular complexity index is 883. The number of nitrogen functional groups attached to an aromatic ring is 1. The molecule has 1 fully saturated rings. The summed E-state index contributed by atoms with van der Waals surface area (Å²) in [5.74, 6) is 0.192. The fraction of sp³-hybridized carbons (Fsp3) is 0.500. The zero-order valence-electron chi connectivity index (χ0n) is 12.7. The van der Waals surface area contributed by atoms with Gasteiger partial charge in [-0.15, -0.1) is 0 Å². The van der Waals surface area contributed by atoms with Crippen LogP contribution >= 0.6 is 15.6 Å². The fourth-order valence-corrected chi connectivity index (χ4v) is 4.32. The van der Waals surface area contributed by atoms with Gasteiger partial charge in [0.1, 0.15) is 18.1 Å². The van der Waals surface area contributed by atoms with E-state index in [2.05, 4.69) is 19.3 Å². The number of phosphoric acid groups is 2. The lowest BCUT2D eigenvalue weighted by Crippen LogP contribution is -2.20. The van der Waals surface area contributed by atoms with Gasteiger partial charge < -0.3 is 25.2 Å². The average molecular weight is 395 g/mol. The molecule has 0 saturated carbocycles. The Balaban J connectivity index is 1.78. The largest absolute Gasteiger partial charge is 0.481 e. The van der Waals surface area contributed by atoms with Crippen LogP contribution < -0.4 is 5.73 Å². The maximum atomic E-state index is 11.7. The Morgan fingerprint density at radius 2 is 2.04 bits per heavy atom. The molecule has 3 heterocycles. The first-order valence-corrected chi connectivity index (χ1v) is 9.95. The van der Waals surface area contributed by atoms with Gasteiger partial charge in [0.25, 0.3) is 0 Å². The molecule has 0 aliphatic carbocycles. The summed E-state index contributed by atoms with van der Waals surface area (Å²) < 4.78 is 38.2. The third-order valence-corrected chi connectivity index (χ3v) is 5.72. The molecule has 13 nitrogen and oxygen atoms in total. The van der Waals surface area contributed by atoms with E-state index >= 15 is 0 Å². The smallest absolute Gasteiger partial charge is 0.382 e. The van der Waals surface area contributed by atoms with Crippen LogP contribution in [0.15, 0.2) is 12.7 Å². The molecular weight excluding hydrogens is 380 g/mol. The Morgan fingerprint density at radius 1 is 1.32 bits per heavy atom. The topological polar surface area (TPSA) is 192 Å². The van der Waals surface area contributed by atoms with Crippen LogP contribution in [0.25, 0.3) is 11.2 Å². The maximum absolute atomic E-state index is 11.7. The molecule has 1 aliphatic heterocycles. The Morgan fingerprint density at radius 3 is 2.72 bits per heavy atom. The Kier molecular flexibility index (Phi) is 4.69. The number of nitrogens with two attached hydrogens (primary N) is 1. The highest BCUT2D eigenvalue weighted by atomic mass is 31.3. The van der Waals surface area contributed by atoms with Gasteiger partial charge in [-0.3, -0.25) is 9.09 Å². The lowest BCUT2D eigenvalue weighted by Gasteiger charge is -2.18. The minimum absolute atomic E-state index is 0.0889. The minimum Gasteiger partial charge on any atom is -0.382 e. The molecule has 25 heavy (non-hydrogen) atoms. The molecule has 2 aromatic heterocycles. The Labute approximate surface area is 140 Å². The van der Waals surface area contributed by atoms with Gasteiger partial charge in [0.15, 0.2) is 11.5 Å². The SMILES string of the molecule is CC1OC(n2cnc3c(N)ncnc32)CC1OP(=O)(O)OP(=O)(O)O. The molecule has 0 bridgehead atoms. The summed E-state index contributed by atoms with van der Waals surface area (Å²) >= 11 is 0. The van der Waals surface area contributed by atoms with Gasteiger partial charge in [-0.2, -0.15) is 4.31 Å². The zero-order chi connectivity index (χ0) is 18.4. The van der Waals surface area contributed by atoms with E-state index in [1.54, 1.807) is 11.5 Å². The van der Waals surface area contributed by atoms with Crippen molar-refractivity contribution >= 4 is 32.6 Å². The number of nitrogens with zero attached hydrogens (tertiary/aromatic N) is 4. The molecule has 0 amide bonds. The van der Waals surface area contributed by atoms with E-state index in [9.17, 15) is 14.0 Å². The van der Waals surface area contributed by atoms with Crippen molar-refractivity contribution in [3.63, 3.8) is 0 Å². The maximum Gasteiger partial charge on any atom is 0.481 e. The lowest BCUT2D eigenvalue weighted by molar-refractivity contribution is -0.00650. The van der Waals surface area contributed by atoms with Gasteiger partial charge in [-0.25, -0.2) is 24.1 Å². The van der Waals surface area contributed by atoms with Gasteiger partial charge in [-0.1, -0.05) is 0 Å². The van der Waals surface area contributed by atoms with E-state index in [0.29, 0.717) is 11.2 Å². The second-order valence-corrected chi connectivity index (χ2v) is 8.08. The van der Waals surface area contributed by atoms with Crippen molar-refractivity contribution in [2.45, 2.75) is 31.8 Å². The number of phosphoric ester groups is 1. The van der Waals surface area contributed by atoms with Crippen LogP contribution in [0.3, 0.4) is 0 Å². The molecule has 138 valence electrons. The number of fused-ring (bicyclic) bond motifs is 1. The van der Waals surface area contributed by atoms with Crippen molar-refractivity contribution in [1.29, 1.82) is 0 Å². The number of ether oxygens (including phenoxy) is 1. The first-order chi connectivity index (χ1) is 11.6. The van der Waals surface area contributed by atoms with Gasteiger partial charge in [0.2, 0.25) is 0 Å². The third kappa shape index (κ3) is 4.05. The van der Waals surface area contributed by atoms with Gasteiger partial charge in [0, 0.05) is 6.42 Å². The molecule has 1 saturated heterocycles. The summed E-state index contributed by atoms with van der Waals surface area (Å²) in [5.41, 5.74) is 6.49. The first-order valence-electron chi connectivity index (χ1n) is 6.92. The lowest BCUT2D eigenvalue weighted by atomic mass is 10.2. The van der Waals surface area contributed by atoms with Crippen LogP contribution in [0.2, 0.25) is 0 Å². The number of anilines is 1. The summed E-state index contributed by atoms with van der Waals surface area (Å²) in [4.78, 5) is 38.8. The minimum atomic E-state index is -5.19. The van der Waals surface area contributed by atoms with Crippen LogP contribution in [0.1, 0.15) is 19.6 Å². The van der Waals surface area contributed by atoms with Crippen LogP contribution in [0.5, 0.6) is 0 Å². The monoisotopic (exact) mass is 395 g/mol.